The lowest BCUT2D eigenvalue weighted by Gasteiger charge is -2.07. The van der Waals surface area contributed by atoms with E-state index in [1.54, 1.807) is 12.3 Å². The highest BCUT2D eigenvalue weighted by molar-refractivity contribution is 9.10. The highest BCUT2D eigenvalue weighted by atomic mass is 79.9. The van der Waals surface area contributed by atoms with Gasteiger partial charge < -0.3 is 5.32 Å². The van der Waals surface area contributed by atoms with Gasteiger partial charge in [0.05, 0.1) is 9.50 Å². The van der Waals surface area contributed by atoms with Crippen molar-refractivity contribution < 1.29 is 4.39 Å². The molecule has 0 spiro atoms. The van der Waals surface area contributed by atoms with Crippen LogP contribution in [0, 0.1) is 5.82 Å². The van der Waals surface area contributed by atoms with E-state index in [0.29, 0.717) is 11.6 Å². The fraction of sp³-hybridized carbons (Fsp3) is 0.0909. The Morgan fingerprint density at radius 2 is 2.22 bits per heavy atom. The van der Waals surface area contributed by atoms with Crippen LogP contribution in [0.5, 0.6) is 0 Å². The number of rotatable bonds is 3. The quantitative estimate of drug-likeness (QED) is 0.655. The number of nitrogens with one attached hydrogen (secondary N) is 1. The molecular formula is C11H8BrClFN3S. The van der Waals surface area contributed by atoms with Gasteiger partial charge in [-0.25, -0.2) is 14.4 Å². The lowest BCUT2D eigenvalue weighted by atomic mass is 10.3. The lowest BCUT2D eigenvalue weighted by molar-refractivity contribution is 0.628. The molecule has 2 aromatic rings. The molecule has 0 bridgehead atoms. The third-order valence-electron chi connectivity index (χ3n) is 2.08. The number of hydrogen-bond donors (Lipinski definition) is 1. The molecule has 0 fully saturated rings. The van der Waals surface area contributed by atoms with E-state index < -0.39 is 5.82 Å². The molecule has 0 saturated heterocycles. The molecular weight excluding hydrogens is 341 g/mol. The number of halogens is 3. The smallest absolute Gasteiger partial charge is 0.228 e. The van der Waals surface area contributed by atoms with Gasteiger partial charge in [0, 0.05) is 11.9 Å². The predicted octanol–water partition coefficient (Wildman–Crippen LogP) is 4.50. The summed E-state index contributed by atoms with van der Waals surface area (Å²) in [4.78, 5) is 8.41. The Balaban J connectivity index is 2.25. The molecule has 2 rings (SSSR count). The van der Waals surface area contributed by atoms with Gasteiger partial charge in [0.1, 0.15) is 10.8 Å². The van der Waals surface area contributed by atoms with E-state index in [2.05, 4.69) is 31.2 Å². The van der Waals surface area contributed by atoms with Crippen molar-refractivity contribution in [3.05, 3.63) is 39.7 Å². The average Bonchev–Trinajstić information content (AvgIpc) is 2.36. The van der Waals surface area contributed by atoms with Crippen LogP contribution in [0.4, 0.5) is 16.0 Å². The molecule has 1 N–H and O–H groups in total. The van der Waals surface area contributed by atoms with Crippen molar-refractivity contribution in [2.24, 2.45) is 0 Å². The van der Waals surface area contributed by atoms with Crippen LogP contribution < -0.4 is 5.32 Å². The second kappa shape index (κ2) is 5.86. The summed E-state index contributed by atoms with van der Waals surface area (Å²) in [7, 11) is 0. The maximum absolute atomic E-state index is 13.0. The van der Waals surface area contributed by atoms with Gasteiger partial charge in [-0.15, -0.1) is 11.8 Å². The Morgan fingerprint density at radius 3 is 2.89 bits per heavy atom. The zero-order valence-electron chi connectivity index (χ0n) is 9.25. The monoisotopic (exact) mass is 347 g/mol. The fourth-order valence-electron chi connectivity index (χ4n) is 1.26. The number of hydrogen-bond acceptors (Lipinski definition) is 4. The third-order valence-corrected chi connectivity index (χ3v) is 3.91. The van der Waals surface area contributed by atoms with Crippen molar-refractivity contribution in [1.29, 1.82) is 0 Å². The standard InChI is InChI=1S/C11H8BrClFN3S/c1-18-10-7(12)5-15-11(17-10)16-6-2-3-9(14)8(13)4-6/h2-5H,1H3,(H,15,16,17). The predicted molar refractivity (Wildman–Crippen MR) is 76.2 cm³/mol. The molecule has 7 heteroatoms. The lowest BCUT2D eigenvalue weighted by Crippen LogP contribution is -1.98. The summed E-state index contributed by atoms with van der Waals surface area (Å²) >= 11 is 10.6. The van der Waals surface area contributed by atoms with Crippen molar-refractivity contribution >= 4 is 50.9 Å². The second-order valence-corrected chi connectivity index (χ2v) is 5.36. The van der Waals surface area contributed by atoms with Gasteiger partial charge in [-0.2, -0.15) is 0 Å². The van der Waals surface area contributed by atoms with Crippen LogP contribution in [0.15, 0.2) is 33.9 Å². The highest BCUT2D eigenvalue weighted by Gasteiger charge is 2.06. The Morgan fingerprint density at radius 1 is 1.44 bits per heavy atom. The largest absolute Gasteiger partial charge is 0.324 e. The molecule has 0 unspecified atom stereocenters. The van der Waals surface area contributed by atoms with Gasteiger partial charge in [0.2, 0.25) is 5.95 Å². The molecule has 0 radical (unpaired) electrons. The summed E-state index contributed by atoms with van der Waals surface area (Å²) in [6, 6.07) is 4.35. The minimum Gasteiger partial charge on any atom is -0.324 e. The van der Waals surface area contributed by atoms with Gasteiger partial charge >= 0.3 is 0 Å². The first-order valence-corrected chi connectivity index (χ1v) is 7.28. The van der Waals surface area contributed by atoms with E-state index in [0.717, 1.165) is 9.50 Å². The summed E-state index contributed by atoms with van der Waals surface area (Å²) in [5, 5.41) is 3.84. The first-order chi connectivity index (χ1) is 8.60. The molecule has 94 valence electrons. The number of nitrogens with zero attached hydrogens (tertiary/aromatic N) is 2. The molecule has 3 nitrogen and oxygen atoms in total. The topological polar surface area (TPSA) is 37.8 Å². The average molecular weight is 349 g/mol. The van der Waals surface area contributed by atoms with E-state index in [1.165, 1.54) is 23.9 Å². The van der Waals surface area contributed by atoms with Crippen molar-refractivity contribution in [2.75, 3.05) is 11.6 Å². The van der Waals surface area contributed by atoms with E-state index in [9.17, 15) is 4.39 Å². The van der Waals surface area contributed by atoms with Gasteiger partial charge in [0.25, 0.3) is 0 Å². The molecule has 18 heavy (non-hydrogen) atoms. The van der Waals surface area contributed by atoms with Gasteiger partial charge in [0.15, 0.2) is 0 Å². The molecule has 0 atom stereocenters. The van der Waals surface area contributed by atoms with Gasteiger partial charge in [-0.05, 0) is 40.4 Å². The minimum atomic E-state index is -0.455. The molecule has 0 aliphatic carbocycles. The zero-order valence-corrected chi connectivity index (χ0v) is 12.4. The van der Waals surface area contributed by atoms with Crippen LogP contribution in [0.25, 0.3) is 0 Å². The summed E-state index contributed by atoms with van der Waals surface area (Å²) in [5.41, 5.74) is 0.635. The highest BCUT2D eigenvalue weighted by Crippen LogP contribution is 2.25. The first kappa shape index (κ1) is 13.6. The number of benzene rings is 1. The molecule has 0 aliphatic rings. The van der Waals surface area contributed by atoms with E-state index in [1.807, 2.05) is 6.26 Å². The van der Waals surface area contributed by atoms with Gasteiger partial charge in [-0.1, -0.05) is 11.6 Å². The van der Waals surface area contributed by atoms with Crippen molar-refractivity contribution in [3.63, 3.8) is 0 Å². The van der Waals surface area contributed by atoms with Crippen molar-refractivity contribution in [1.82, 2.24) is 9.97 Å². The molecule has 0 amide bonds. The Bertz CT molecular complexity index is 582. The van der Waals surface area contributed by atoms with Crippen LogP contribution >= 0.6 is 39.3 Å². The third kappa shape index (κ3) is 3.13. The summed E-state index contributed by atoms with van der Waals surface area (Å²) < 4.78 is 13.8. The van der Waals surface area contributed by atoms with Crippen LogP contribution in [-0.2, 0) is 0 Å². The molecule has 0 saturated carbocycles. The summed E-state index contributed by atoms with van der Waals surface area (Å²) in [6.07, 6.45) is 3.58. The maximum Gasteiger partial charge on any atom is 0.228 e. The molecule has 1 heterocycles. The maximum atomic E-state index is 13.0. The van der Waals surface area contributed by atoms with Crippen molar-refractivity contribution in [3.8, 4) is 0 Å². The summed E-state index contributed by atoms with van der Waals surface area (Å²) in [6.45, 7) is 0. The normalized spacial score (nSPS) is 10.4. The van der Waals surface area contributed by atoms with E-state index in [-0.39, 0.29) is 5.02 Å². The SMILES string of the molecule is CSc1nc(Nc2ccc(F)c(Cl)c2)ncc1Br. The van der Waals surface area contributed by atoms with Crippen LogP contribution in [0.2, 0.25) is 5.02 Å². The van der Waals surface area contributed by atoms with E-state index in [4.69, 9.17) is 11.6 Å². The summed E-state index contributed by atoms with van der Waals surface area (Å²) in [5.74, 6) is -0.0195. The minimum absolute atomic E-state index is 0.0576. The van der Waals surface area contributed by atoms with Crippen LogP contribution in [-0.4, -0.2) is 16.2 Å². The van der Waals surface area contributed by atoms with Crippen LogP contribution in [0.3, 0.4) is 0 Å². The second-order valence-electron chi connectivity index (χ2n) is 3.30. The molecule has 1 aromatic heterocycles. The first-order valence-electron chi connectivity index (χ1n) is 4.89. The Labute approximate surface area is 121 Å². The zero-order chi connectivity index (χ0) is 13.1. The number of anilines is 2. The fourth-order valence-corrected chi connectivity index (χ4v) is 2.54. The Kier molecular flexibility index (Phi) is 4.42. The molecule has 1 aromatic carbocycles. The number of aromatic nitrogens is 2. The Hall–Kier alpha value is -0.850. The number of thioether (sulfide) groups is 1. The van der Waals surface area contributed by atoms with Crippen molar-refractivity contribution in [2.45, 2.75) is 5.03 Å². The van der Waals surface area contributed by atoms with Crippen LogP contribution in [0.1, 0.15) is 0 Å². The van der Waals surface area contributed by atoms with E-state index >= 15 is 0 Å². The van der Waals surface area contributed by atoms with Gasteiger partial charge in [-0.3, -0.25) is 0 Å². The molecule has 0 aliphatic heterocycles.